The molecule has 0 atom stereocenters. The fourth-order valence-electron chi connectivity index (χ4n) is 2.80. The van der Waals surface area contributed by atoms with Gasteiger partial charge in [-0.05, 0) is 30.9 Å². The molecule has 0 spiro atoms. The lowest BCUT2D eigenvalue weighted by Crippen LogP contribution is -2.32. The third-order valence-electron chi connectivity index (χ3n) is 4.39. The summed E-state index contributed by atoms with van der Waals surface area (Å²) in [5.74, 6) is 1.74. The average Bonchev–Trinajstić information content (AvgIpc) is 2.72. The molecule has 0 aliphatic carbocycles. The van der Waals surface area contributed by atoms with E-state index < -0.39 is 0 Å². The van der Waals surface area contributed by atoms with Crippen molar-refractivity contribution in [2.75, 3.05) is 34.0 Å². The van der Waals surface area contributed by atoms with Gasteiger partial charge in [-0.1, -0.05) is 12.1 Å². The van der Waals surface area contributed by atoms with Crippen molar-refractivity contribution in [2.24, 2.45) is 5.92 Å². The summed E-state index contributed by atoms with van der Waals surface area (Å²) >= 11 is 0. The number of ether oxygens (including phenoxy) is 3. The second kappa shape index (κ2) is 8.62. The van der Waals surface area contributed by atoms with Crippen LogP contribution in [0.2, 0.25) is 0 Å². The van der Waals surface area contributed by atoms with Gasteiger partial charge in [0.2, 0.25) is 11.8 Å². The highest BCUT2D eigenvalue weighted by atomic mass is 16.5. The molecule has 7 heteroatoms. The van der Waals surface area contributed by atoms with Crippen LogP contribution < -0.4 is 14.8 Å². The molecule has 1 aliphatic heterocycles. The van der Waals surface area contributed by atoms with Gasteiger partial charge in [0, 0.05) is 30.9 Å². The maximum atomic E-state index is 12.3. The number of nitrogens with one attached hydrogen (secondary N) is 1. The van der Waals surface area contributed by atoms with Crippen LogP contribution in [0.4, 0.5) is 0 Å². The van der Waals surface area contributed by atoms with Crippen LogP contribution in [-0.2, 0) is 4.74 Å². The molecule has 1 saturated heterocycles. The third kappa shape index (κ3) is 4.49. The molecule has 2 aromatic rings. The lowest BCUT2D eigenvalue weighted by atomic mass is 10.0. The Morgan fingerprint density at radius 3 is 2.31 bits per heavy atom. The number of nitrogens with zero attached hydrogens (tertiary/aromatic N) is 2. The van der Waals surface area contributed by atoms with Gasteiger partial charge < -0.3 is 19.5 Å². The third-order valence-corrected chi connectivity index (χ3v) is 4.39. The largest absolute Gasteiger partial charge is 0.481 e. The van der Waals surface area contributed by atoms with Crippen LogP contribution in [0.25, 0.3) is 11.4 Å². The summed E-state index contributed by atoms with van der Waals surface area (Å²) in [5, 5.41) is 3.00. The molecule has 0 saturated carbocycles. The van der Waals surface area contributed by atoms with Gasteiger partial charge in [0.1, 0.15) is 0 Å². The number of hydrogen-bond donors (Lipinski definition) is 1. The van der Waals surface area contributed by atoms with Crippen molar-refractivity contribution < 1.29 is 19.0 Å². The Bertz CT molecular complexity index is 721. The number of rotatable bonds is 6. The quantitative estimate of drug-likeness (QED) is 0.854. The number of benzene rings is 1. The van der Waals surface area contributed by atoms with E-state index in [9.17, 15) is 4.79 Å². The highest BCUT2D eigenvalue weighted by Crippen LogP contribution is 2.23. The predicted molar refractivity (Wildman–Crippen MR) is 96.4 cm³/mol. The molecule has 0 bridgehead atoms. The van der Waals surface area contributed by atoms with Gasteiger partial charge in [0.15, 0.2) is 5.82 Å². The summed E-state index contributed by atoms with van der Waals surface area (Å²) in [6.07, 6.45) is 1.99. The van der Waals surface area contributed by atoms with Crippen molar-refractivity contribution in [1.82, 2.24) is 15.3 Å². The number of carbonyl (C=O) groups excluding carboxylic acids is 1. The smallest absolute Gasteiger partial charge is 0.251 e. The van der Waals surface area contributed by atoms with E-state index in [0.717, 1.165) is 31.6 Å². The molecule has 0 unspecified atom stereocenters. The van der Waals surface area contributed by atoms with E-state index in [4.69, 9.17) is 14.2 Å². The van der Waals surface area contributed by atoms with Crippen molar-refractivity contribution >= 4 is 5.91 Å². The number of carbonyl (C=O) groups is 1. The highest BCUT2D eigenvalue weighted by molar-refractivity contribution is 5.94. The second-order valence-electron chi connectivity index (χ2n) is 6.12. The predicted octanol–water partition coefficient (Wildman–Crippen LogP) is 2.32. The molecule has 2 heterocycles. The van der Waals surface area contributed by atoms with Crippen LogP contribution in [0.5, 0.6) is 11.8 Å². The summed E-state index contributed by atoms with van der Waals surface area (Å²) in [7, 11) is 3.08. The van der Waals surface area contributed by atoms with Crippen molar-refractivity contribution in [1.29, 1.82) is 0 Å². The van der Waals surface area contributed by atoms with Gasteiger partial charge in [-0.3, -0.25) is 4.79 Å². The molecular weight excluding hydrogens is 334 g/mol. The molecule has 1 aromatic carbocycles. The number of hydrogen-bond acceptors (Lipinski definition) is 6. The molecule has 1 amide bonds. The van der Waals surface area contributed by atoms with Crippen molar-refractivity contribution in [3.8, 4) is 23.1 Å². The maximum Gasteiger partial charge on any atom is 0.251 e. The summed E-state index contributed by atoms with van der Waals surface area (Å²) in [6, 6.07) is 8.78. The standard InChI is InChI=1S/C19H23N3O4/c1-24-16-11-17(25-2)22-18(21-16)14-3-5-15(6-4-14)19(23)20-12-13-7-9-26-10-8-13/h3-6,11,13H,7-10,12H2,1-2H3,(H,20,23). The van der Waals surface area contributed by atoms with E-state index in [2.05, 4.69) is 15.3 Å². The van der Waals surface area contributed by atoms with Crippen LogP contribution in [-0.4, -0.2) is 49.9 Å². The first kappa shape index (κ1) is 18.1. The lowest BCUT2D eigenvalue weighted by molar-refractivity contribution is 0.0642. The van der Waals surface area contributed by atoms with E-state index >= 15 is 0 Å². The first-order chi connectivity index (χ1) is 12.7. The molecule has 1 N–H and O–H groups in total. The first-order valence-electron chi connectivity index (χ1n) is 8.63. The lowest BCUT2D eigenvalue weighted by Gasteiger charge is -2.22. The zero-order valence-corrected chi connectivity index (χ0v) is 15.0. The van der Waals surface area contributed by atoms with E-state index in [-0.39, 0.29) is 5.91 Å². The van der Waals surface area contributed by atoms with Gasteiger partial charge in [0.25, 0.3) is 5.91 Å². The molecule has 26 heavy (non-hydrogen) atoms. The van der Waals surface area contributed by atoms with E-state index in [1.807, 2.05) is 12.1 Å². The molecule has 7 nitrogen and oxygen atoms in total. The van der Waals surface area contributed by atoms with Crippen molar-refractivity contribution in [3.63, 3.8) is 0 Å². The molecule has 138 valence electrons. The Labute approximate surface area is 152 Å². The Morgan fingerprint density at radius 2 is 1.73 bits per heavy atom. The fraction of sp³-hybridized carbons (Fsp3) is 0.421. The Kier molecular flexibility index (Phi) is 6.01. The Hall–Kier alpha value is -2.67. The van der Waals surface area contributed by atoms with Crippen LogP contribution in [0.1, 0.15) is 23.2 Å². The van der Waals surface area contributed by atoms with Crippen LogP contribution in [0, 0.1) is 5.92 Å². The molecule has 1 aliphatic rings. The van der Waals surface area contributed by atoms with E-state index in [0.29, 0.717) is 35.6 Å². The molecule has 1 fully saturated rings. The number of aromatic nitrogens is 2. The fourth-order valence-corrected chi connectivity index (χ4v) is 2.80. The number of amides is 1. The highest BCUT2D eigenvalue weighted by Gasteiger charge is 2.15. The average molecular weight is 357 g/mol. The number of methoxy groups -OCH3 is 2. The second-order valence-corrected chi connectivity index (χ2v) is 6.12. The topological polar surface area (TPSA) is 82.6 Å². The SMILES string of the molecule is COc1cc(OC)nc(-c2ccc(C(=O)NCC3CCOCC3)cc2)n1. The Balaban J connectivity index is 1.67. The van der Waals surface area contributed by atoms with Gasteiger partial charge >= 0.3 is 0 Å². The van der Waals surface area contributed by atoms with Crippen LogP contribution >= 0.6 is 0 Å². The Morgan fingerprint density at radius 1 is 1.12 bits per heavy atom. The molecular formula is C19H23N3O4. The zero-order chi connectivity index (χ0) is 18.4. The van der Waals surface area contributed by atoms with Crippen molar-refractivity contribution in [2.45, 2.75) is 12.8 Å². The summed E-state index contributed by atoms with van der Waals surface area (Å²) < 4.78 is 15.7. The summed E-state index contributed by atoms with van der Waals surface area (Å²) in [4.78, 5) is 21.0. The van der Waals surface area contributed by atoms with Gasteiger partial charge in [0.05, 0.1) is 20.3 Å². The minimum absolute atomic E-state index is 0.0767. The van der Waals surface area contributed by atoms with Crippen LogP contribution in [0.3, 0.4) is 0 Å². The first-order valence-corrected chi connectivity index (χ1v) is 8.63. The van der Waals surface area contributed by atoms with Crippen LogP contribution in [0.15, 0.2) is 30.3 Å². The van der Waals surface area contributed by atoms with E-state index in [1.165, 1.54) is 14.2 Å². The monoisotopic (exact) mass is 357 g/mol. The molecule has 3 rings (SSSR count). The molecule has 1 aromatic heterocycles. The normalized spacial score (nSPS) is 14.7. The zero-order valence-electron chi connectivity index (χ0n) is 15.0. The van der Waals surface area contributed by atoms with Gasteiger partial charge in [-0.15, -0.1) is 0 Å². The molecule has 0 radical (unpaired) electrons. The summed E-state index contributed by atoms with van der Waals surface area (Å²) in [5.41, 5.74) is 1.39. The van der Waals surface area contributed by atoms with E-state index in [1.54, 1.807) is 18.2 Å². The van der Waals surface area contributed by atoms with Gasteiger partial charge in [-0.25, -0.2) is 0 Å². The minimum atomic E-state index is -0.0767. The summed E-state index contributed by atoms with van der Waals surface area (Å²) in [6.45, 7) is 2.23. The van der Waals surface area contributed by atoms with Crippen molar-refractivity contribution in [3.05, 3.63) is 35.9 Å². The van der Waals surface area contributed by atoms with Gasteiger partial charge in [-0.2, -0.15) is 9.97 Å². The minimum Gasteiger partial charge on any atom is -0.481 e. The maximum absolute atomic E-state index is 12.3.